The molecule has 1 aromatic heterocycles. The quantitative estimate of drug-likeness (QED) is 0.777. The number of amides is 1. The van der Waals surface area contributed by atoms with Crippen LogP contribution in [0.5, 0.6) is 5.75 Å². The number of aryl methyl sites for hydroxylation is 1. The highest BCUT2D eigenvalue weighted by Crippen LogP contribution is 2.28. The van der Waals surface area contributed by atoms with Crippen molar-refractivity contribution in [2.24, 2.45) is 7.05 Å². The van der Waals surface area contributed by atoms with Gasteiger partial charge in [0.15, 0.2) is 0 Å². The summed E-state index contributed by atoms with van der Waals surface area (Å²) in [6.07, 6.45) is 0. The summed E-state index contributed by atoms with van der Waals surface area (Å²) < 4.78 is 20.5. The van der Waals surface area contributed by atoms with Crippen molar-refractivity contribution in [3.8, 4) is 17.0 Å². The Hall–Kier alpha value is -3.15. The fourth-order valence-electron chi connectivity index (χ4n) is 2.58. The van der Waals surface area contributed by atoms with Crippen molar-refractivity contribution in [3.05, 3.63) is 71.7 Å². The van der Waals surface area contributed by atoms with Crippen molar-refractivity contribution in [2.45, 2.75) is 6.54 Å². The number of nitrogens with one attached hydrogen (secondary N) is 1. The normalized spacial score (nSPS) is 10.5. The predicted octanol–water partition coefficient (Wildman–Crippen LogP) is 3.16. The van der Waals surface area contributed by atoms with Gasteiger partial charge >= 0.3 is 0 Å². The lowest BCUT2D eigenvalue weighted by Gasteiger charge is -2.06. The zero-order valence-corrected chi connectivity index (χ0v) is 14.0. The first-order valence-corrected chi connectivity index (χ1v) is 7.79. The maximum atomic E-state index is 13.6. The van der Waals surface area contributed by atoms with Crippen molar-refractivity contribution in [2.75, 3.05) is 7.11 Å². The van der Waals surface area contributed by atoms with Crippen molar-refractivity contribution < 1.29 is 13.9 Å². The Bertz CT molecular complexity index is 905. The third-order valence-corrected chi connectivity index (χ3v) is 3.89. The highest BCUT2D eigenvalue weighted by Gasteiger charge is 2.16. The molecule has 0 fully saturated rings. The second kappa shape index (κ2) is 7.17. The average molecular weight is 339 g/mol. The molecule has 0 atom stereocenters. The molecule has 2 aromatic carbocycles. The zero-order valence-electron chi connectivity index (χ0n) is 14.0. The van der Waals surface area contributed by atoms with E-state index in [-0.39, 0.29) is 18.3 Å². The van der Waals surface area contributed by atoms with E-state index in [1.807, 2.05) is 24.3 Å². The number of carbonyl (C=O) groups excluding carboxylic acids is 1. The molecule has 128 valence electrons. The summed E-state index contributed by atoms with van der Waals surface area (Å²) in [6, 6.07) is 15.5. The Kier molecular flexibility index (Phi) is 4.79. The Morgan fingerprint density at radius 3 is 2.68 bits per heavy atom. The van der Waals surface area contributed by atoms with Crippen LogP contribution in [0.2, 0.25) is 0 Å². The lowest BCUT2D eigenvalue weighted by Crippen LogP contribution is -2.25. The van der Waals surface area contributed by atoms with E-state index in [0.717, 1.165) is 5.56 Å². The van der Waals surface area contributed by atoms with E-state index in [0.29, 0.717) is 22.7 Å². The van der Waals surface area contributed by atoms with Crippen LogP contribution in [0.15, 0.2) is 54.6 Å². The molecule has 3 aromatic rings. The SMILES string of the molecule is COc1ccccc1-c1cc(C(=O)NCc2ccccc2F)n(C)n1. The van der Waals surface area contributed by atoms with Gasteiger partial charge in [0.25, 0.3) is 5.91 Å². The lowest BCUT2D eigenvalue weighted by atomic mass is 10.1. The van der Waals surface area contributed by atoms with Crippen LogP contribution in [0.4, 0.5) is 4.39 Å². The Morgan fingerprint density at radius 1 is 1.20 bits per heavy atom. The highest BCUT2D eigenvalue weighted by molar-refractivity contribution is 5.93. The van der Waals surface area contributed by atoms with E-state index in [9.17, 15) is 9.18 Å². The van der Waals surface area contributed by atoms with E-state index < -0.39 is 0 Å². The minimum Gasteiger partial charge on any atom is -0.496 e. The van der Waals surface area contributed by atoms with Gasteiger partial charge in [0.2, 0.25) is 0 Å². The van der Waals surface area contributed by atoms with Gasteiger partial charge in [-0.1, -0.05) is 30.3 Å². The molecule has 1 N–H and O–H groups in total. The van der Waals surface area contributed by atoms with Crippen LogP contribution in [0, 0.1) is 5.82 Å². The van der Waals surface area contributed by atoms with Crippen LogP contribution in [0.1, 0.15) is 16.1 Å². The molecule has 0 spiro atoms. The molecule has 1 amide bonds. The topological polar surface area (TPSA) is 56.1 Å². The highest BCUT2D eigenvalue weighted by atomic mass is 19.1. The van der Waals surface area contributed by atoms with Gasteiger partial charge in [-0.25, -0.2) is 4.39 Å². The molecular formula is C19H18FN3O2. The van der Waals surface area contributed by atoms with Gasteiger partial charge in [0.1, 0.15) is 17.3 Å². The summed E-state index contributed by atoms with van der Waals surface area (Å²) in [5, 5.41) is 7.10. The fraction of sp³-hybridized carbons (Fsp3) is 0.158. The molecule has 0 unspecified atom stereocenters. The Balaban J connectivity index is 1.80. The number of rotatable bonds is 5. The van der Waals surface area contributed by atoms with Gasteiger partial charge in [0, 0.05) is 24.7 Å². The number of halogens is 1. The van der Waals surface area contributed by atoms with Gasteiger partial charge in [-0.15, -0.1) is 0 Å². The molecule has 5 nitrogen and oxygen atoms in total. The first-order valence-electron chi connectivity index (χ1n) is 7.79. The number of para-hydroxylation sites is 1. The fourth-order valence-corrected chi connectivity index (χ4v) is 2.58. The van der Waals surface area contributed by atoms with Crippen molar-refractivity contribution >= 4 is 5.91 Å². The minimum atomic E-state index is -0.345. The third-order valence-electron chi connectivity index (χ3n) is 3.89. The summed E-state index contributed by atoms with van der Waals surface area (Å²) in [5.74, 6) is 0.0147. The number of benzene rings is 2. The lowest BCUT2D eigenvalue weighted by molar-refractivity contribution is 0.0941. The van der Waals surface area contributed by atoms with Crippen LogP contribution in [0.3, 0.4) is 0 Å². The smallest absolute Gasteiger partial charge is 0.269 e. The maximum absolute atomic E-state index is 13.6. The average Bonchev–Trinajstić information content (AvgIpc) is 3.02. The van der Waals surface area contributed by atoms with Gasteiger partial charge in [0.05, 0.1) is 12.8 Å². The molecule has 25 heavy (non-hydrogen) atoms. The van der Waals surface area contributed by atoms with Crippen molar-refractivity contribution in [1.82, 2.24) is 15.1 Å². The van der Waals surface area contributed by atoms with Gasteiger partial charge < -0.3 is 10.1 Å². The standard InChI is InChI=1S/C19H18FN3O2/c1-23-17(19(24)21-12-13-7-3-5-9-15(13)20)11-16(22-23)14-8-4-6-10-18(14)25-2/h3-11H,12H2,1-2H3,(H,21,24). The van der Waals surface area contributed by atoms with Gasteiger partial charge in [-0.3, -0.25) is 9.48 Å². The van der Waals surface area contributed by atoms with Crippen molar-refractivity contribution in [1.29, 1.82) is 0 Å². The van der Waals surface area contributed by atoms with Gasteiger partial charge in [-0.2, -0.15) is 5.10 Å². The Labute approximate surface area is 145 Å². The number of ether oxygens (including phenoxy) is 1. The monoisotopic (exact) mass is 339 g/mol. The second-order valence-corrected chi connectivity index (χ2v) is 5.51. The molecule has 6 heteroatoms. The molecule has 0 bridgehead atoms. The van der Waals surface area contributed by atoms with Crippen LogP contribution < -0.4 is 10.1 Å². The van der Waals surface area contributed by atoms with Crippen LogP contribution >= 0.6 is 0 Å². The van der Waals surface area contributed by atoms with E-state index in [1.54, 1.807) is 38.4 Å². The number of nitrogens with zero attached hydrogens (tertiary/aromatic N) is 2. The summed E-state index contributed by atoms with van der Waals surface area (Å²) in [4.78, 5) is 12.4. The molecule has 0 radical (unpaired) electrons. The van der Waals surface area contributed by atoms with Crippen LogP contribution in [0.25, 0.3) is 11.3 Å². The van der Waals surface area contributed by atoms with E-state index in [2.05, 4.69) is 10.4 Å². The minimum absolute atomic E-state index is 0.112. The summed E-state index contributed by atoms with van der Waals surface area (Å²) >= 11 is 0. The number of methoxy groups -OCH3 is 1. The molecule has 0 aliphatic rings. The number of hydrogen-bond donors (Lipinski definition) is 1. The number of carbonyl (C=O) groups is 1. The molecule has 0 saturated heterocycles. The molecule has 0 aliphatic heterocycles. The molecular weight excluding hydrogens is 321 g/mol. The summed E-state index contributed by atoms with van der Waals surface area (Å²) in [5.41, 5.74) is 2.25. The molecule has 0 aliphatic carbocycles. The largest absolute Gasteiger partial charge is 0.496 e. The first kappa shape index (κ1) is 16.7. The van der Waals surface area contributed by atoms with Crippen molar-refractivity contribution in [3.63, 3.8) is 0 Å². The van der Waals surface area contributed by atoms with E-state index >= 15 is 0 Å². The zero-order chi connectivity index (χ0) is 17.8. The third kappa shape index (κ3) is 3.52. The van der Waals surface area contributed by atoms with Crippen LogP contribution in [-0.2, 0) is 13.6 Å². The number of hydrogen-bond acceptors (Lipinski definition) is 3. The summed E-state index contributed by atoms with van der Waals surface area (Å²) in [6.45, 7) is 0.112. The van der Waals surface area contributed by atoms with Crippen LogP contribution in [-0.4, -0.2) is 22.8 Å². The predicted molar refractivity (Wildman–Crippen MR) is 92.8 cm³/mol. The Morgan fingerprint density at radius 2 is 1.92 bits per heavy atom. The molecule has 3 rings (SSSR count). The summed E-state index contributed by atoms with van der Waals surface area (Å²) in [7, 11) is 3.28. The first-order chi connectivity index (χ1) is 12.1. The number of aromatic nitrogens is 2. The molecule has 1 heterocycles. The second-order valence-electron chi connectivity index (χ2n) is 5.51. The van der Waals surface area contributed by atoms with Gasteiger partial charge in [-0.05, 0) is 24.3 Å². The van der Waals surface area contributed by atoms with E-state index in [1.165, 1.54) is 10.7 Å². The maximum Gasteiger partial charge on any atom is 0.269 e. The van der Waals surface area contributed by atoms with E-state index in [4.69, 9.17) is 4.74 Å². The molecule has 0 saturated carbocycles.